The molecule has 1 saturated heterocycles. The number of hydrogen-bond acceptors (Lipinski definition) is 3. The van der Waals surface area contributed by atoms with Crippen molar-refractivity contribution in [2.75, 3.05) is 26.2 Å². The van der Waals surface area contributed by atoms with Crippen molar-refractivity contribution in [2.24, 2.45) is 5.73 Å². The van der Waals surface area contributed by atoms with Crippen LogP contribution in [0.3, 0.4) is 0 Å². The molecule has 0 bridgehead atoms. The molecule has 2 rings (SSSR count). The smallest absolute Gasteiger partial charge is 0.373 e. The molecular weight excluding hydrogens is 281 g/mol. The lowest BCUT2D eigenvalue weighted by Gasteiger charge is -2.42. The van der Waals surface area contributed by atoms with Crippen LogP contribution in [0.5, 0.6) is 0 Å². The predicted octanol–water partition coefficient (Wildman–Crippen LogP) is 2.82. The lowest BCUT2D eigenvalue weighted by Crippen LogP contribution is -2.51. The van der Waals surface area contributed by atoms with Crippen molar-refractivity contribution in [3.8, 4) is 0 Å². The quantitative estimate of drug-likeness (QED) is 0.933. The predicted molar refractivity (Wildman–Crippen MR) is 74.8 cm³/mol. The number of nitrogens with zero attached hydrogens (tertiary/aromatic N) is 1. The minimum atomic E-state index is -4.37. The Hall–Kier alpha value is -1.11. The van der Waals surface area contributed by atoms with Gasteiger partial charge in [-0.05, 0) is 25.5 Å². The van der Waals surface area contributed by atoms with Crippen molar-refractivity contribution < 1.29 is 17.9 Å². The summed E-state index contributed by atoms with van der Waals surface area (Å²) in [6.45, 7) is 5.64. The summed E-state index contributed by atoms with van der Waals surface area (Å²) in [6, 6.07) is 5.21. The monoisotopic (exact) mass is 302 g/mol. The van der Waals surface area contributed by atoms with Crippen LogP contribution in [0, 0.1) is 0 Å². The van der Waals surface area contributed by atoms with E-state index in [1.54, 1.807) is 6.07 Å². The summed E-state index contributed by atoms with van der Waals surface area (Å²) in [7, 11) is 0. The maximum Gasteiger partial charge on any atom is 0.416 e. The SMILES string of the molecule is CC1(C)CN(C(CN)c2ccccc2C(F)(F)F)CCO1. The Labute approximate surface area is 122 Å². The first-order chi connectivity index (χ1) is 9.74. The van der Waals surface area contributed by atoms with Gasteiger partial charge in [0.05, 0.1) is 17.8 Å². The zero-order chi connectivity index (χ0) is 15.7. The molecule has 118 valence electrons. The Bertz CT molecular complexity index is 488. The van der Waals surface area contributed by atoms with Crippen LogP contribution in [-0.4, -0.2) is 36.7 Å². The highest BCUT2D eigenvalue weighted by Gasteiger charge is 2.38. The number of halogens is 3. The minimum absolute atomic E-state index is 0.142. The summed E-state index contributed by atoms with van der Waals surface area (Å²) in [5.74, 6) is 0. The van der Waals surface area contributed by atoms with Crippen LogP contribution in [0.25, 0.3) is 0 Å². The number of morpholine rings is 1. The van der Waals surface area contributed by atoms with Crippen LogP contribution >= 0.6 is 0 Å². The molecule has 1 aromatic carbocycles. The summed E-state index contributed by atoms with van der Waals surface area (Å²) in [6.07, 6.45) is -4.37. The number of ether oxygens (including phenoxy) is 1. The molecule has 0 spiro atoms. The van der Waals surface area contributed by atoms with E-state index in [-0.39, 0.29) is 17.7 Å². The van der Waals surface area contributed by atoms with Crippen LogP contribution in [0.15, 0.2) is 24.3 Å². The van der Waals surface area contributed by atoms with Crippen LogP contribution in [0.1, 0.15) is 31.0 Å². The Balaban J connectivity index is 2.34. The summed E-state index contributed by atoms with van der Waals surface area (Å²) >= 11 is 0. The van der Waals surface area contributed by atoms with E-state index >= 15 is 0 Å². The first kappa shape index (κ1) is 16.3. The Morgan fingerprint density at radius 1 is 1.33 bits per heavy atom. The third-order valence-electron chi connectivity index (χ3n) is 3.74. The lowest BCUT2D eigenvalue weighted by molar-refractivity contribution is -0.139. The van der Waals surface area contributed by atoms with Crippen LogP contribution in [0.4, 0.5) is 13.2 Å². The standard InChI is InChI=1S/C15H21F3N2O/c1-14(2)10-20(7-8-21-14)13(9-19)11-5-3-4-6-12(11)15(16,17)18/h3-6,13H,7-10,19H2,1-2H3. The Morgan fingerprint density at radius 3 is 2.57 bits per heavy atom. The van der Waals surface area contributed by atoms with E-state index in [0.717, 1.165) is 6.07 Å². The van der Waals surface area contributed by atoms with Gasteiger partial charge < -0.3 is 10.5 Å². The van der Waals surface area contributed by atoms with Gasteiger partial charge in [0.1, 0.15) is 0 Å². The molecule has 1 unspecified atom stereocenters. The molecule has 0 saturated carbocycles. The second-order valence-electron chi connectivity index (χ2n) is 5.92. The minimum Gasteiger partial charge on any atom is -0.373 e. The molecule has 3 nitrogen and oxygen atoms in total. The highest BCUT2D eigenvalue weighted by molar-refractivity contribution is 5.33. The number of rotatable bonds is 3. The van der Waals surface area contributed by atoms with Crippen LogP contribution in [-0.2, 0) is 10.9 Å². The third-order valence-corrected chi connectivity index (χ3v) is 3.74. The number of alkyl halides is 3. The summed E-state index contributed by atoms with van der Waals surface area (Å²) < 4.78 is 45.2. The Morgan fingerprint density at radius 2 is 2.00 bits per heavy atom. The largest absolute Gasteiger partial charge is 0.416 e. The van der Waals surface area contributed by atoms with Crippen molar-refractivity contribution >= 4 is 0 Å². The fourth-order valence-corrected chi connectivity index (χ4v) is 2.84. The van der Waals surface area contributed by atoms with Crippen molar-refractivity contribution in [3.05, 3.63) is 35.4 Å². The highest BCUT2D eigenvalue weighted by Crippen LogP contribution is 2.36. The zero-order valence-corrected chi connectivity index (χ0v) is 12.3. The van der Waals surface area contributed by atoms with Gasteiger partial charge in [0.2, 0.25) is 0 Å². The van der Waals surface area contributed by atoms with E-state index in [2.05, 4.69) is 0 Å². The van der Waals surface area contributed by atoms with Gasteiger partial charge in [0, 0.05) is 25.7 Å². The summed E-state index contributed by atoms with van der Waals surface area (Å²) in [5.41, 5.74) is 5.04. The van der Waals surface area contributed by atoms with Gasteiger partial charge in [-0.1, -0.05) is 18.2 Å². The molecule has 1 aliphatic rings. The molecule has 0 aliphatic carbocycles. The van der Waals surface area contributed by atoms with E-state index in [9.17, 15) is 13.2 Å². The van der Waals surface area contributed by atoms with Crippen molar-refractivity contribution in [3.63, 3.8) is 0 Å². The molecular formula is C15H21F3N2O. The van der Waals surface area contributed by atoms with Crippen LogP contribution in [0.2, 0.25) is 0 Å². The number of hydrogen-bond donors (Lipinski definition) is 1. The van der Waals surface area contributed by atoms with Crippen molar-refractivity contribution in [1.29, 1.82) is 0 Å². The van der Waals surface area contributed by atoms with Gasteiger partial charge in [-0.15, -0.1) is 0 Å². The van der Waals surface area contributed by atoms with Gasteiger partial charge in [-0.25, -0.2) is 0 Å². The molecule has 0 radical (unpaired) electrons. The maximum absolute atomic E-state index is 13.2. The van der Waals surface area contributed by atoms with E-state index < -0.39 is 17.8 Å². The van der Waals surface area contributed by atoms with Crippen molar-refractivity contribution in [1.82, 2.24) is 4.90 Å². The maximum atomic E-state index is 13.2. The second kappa shape index (κ2) is 5.94. The normalized spacial score (nSPS) is 21.2. The molecule has 1 aromatic rings. The van der Waals surface area contributed by atoms with E-state index in [4.69, 9.17) is 10.5 Å². The molecule has 2 N–H and O–H groups in total. The summed E-state index contributed by atoms with van der Waals surface area (Å²) in [5, 5.41) is 0. The van der Waals surface area contributed by atoms with Gasteiger partial charge in [-0.3, -0.25) is 4.90 Å². The molecule has 1 fully saturated rings. The van der Waals surface area contributed by atoms with Gasteiger partial charge >= 0.3 is 6.18 Å². The Kier molecular flexibility index (Phi) is 4.60. The zero-order valence-electron chi connectivity index (χ0n) is 12.3. The molecule has 0 amide bonds. The van der Waals surface area contributed by atoms with Crippen LogP contribution < -0.4 is 5.73 Å². The van der Waals surface area contributed by atoms with E-state index in [1.807, 2.05) is 18.7 Å². The number of benzene rings is 1. The first-order valence-electron chi connectivity index (χ1n) is 6.99. The van der Waals surface area contributed by atoms with Crippen molar-refractivity contribution in [2.45, 2.75) is 31.7 Å². The average molecular weight is 302 g/mol. The summed E-state index contributed by atoms with van der Waals surface area (Å²) in [4.78, 5) is 1.98. The van der Waals surface area contributed by atoms with E-state index in [0.29, 0.717) is 19.7 Å². The third kappa shape index (κ3) is 3.75. The molecule has 6 heteroatoms. The topological polar surface area (TPSA) is 38.5 Å². The first-order valence-corrected chi connectivity index (χ1v) is 6.99. The second-order valence-corrected chi connectivity index (χ2v) is 5.92. The lowest BCUT2D eigenvalue weighted by atomic mass is 9.96. The van der Waals surface area contributed by atoms with Gasteiger partial charge in [-0.2, -0.15) is 13.2 Å². The molecule has 21 heavy (non-hydrogen) atoms. The van der Waals surface area contributed by atoms with Gasteiger partial charge in [0.15, 0.2) is 0 Å². The fraction of sp³-hybridized carbons (Fsp3) is 0.600. The average Bonchev–Trinajstić information content (AvgIpc) is 2.38. The molecule has 0 aromatic heterocycles. The fourth-order valence-electron chi connectivity index (χ4n) is 2.84. The number of nitrogens with two attached hydrogens (primary N) is 1. The highest BCUT2D eigenvalue weighted by atomic mass is 19.4. The van der Waals surface area contributed by atoms with E-state index in [1.165, 1.54) is 12.1 Å². The molecule has 1 atom stereocenters. The molecule has 1 aliphatic heterocycles. The molecule has 1 heterocycles. The van der Waals surface area contributed by atoms with Gasteiger partial charge in [0.25, 0.3) is 0 Å².